The molecule has 1 amide bonds. The van der Waals surface area contributed by atoms with E-state index in [0.717, 1.165) is 37.8 Å². The maximum absolute atomic E-state index is 12.0. The van der Waals surface area contributed by atoms with Gasteiger partial charge in [0.2, 0.25) is 5.91 Å². The topological polar surface area (TPSA) is 72.2 Å². The van der Waals surface area contributed by atoms with E-state index in [-0.39, 0.29) is 29.6 Å². The smallest absolute Gasteiger partial charge is 0.224 e. The lowest BCUT2D eigenvalue weighted by molar-refractivity contribution is -0.138. The second-order valence-electron chi connectivity index (χ2n) is 5.16. The third-order valence-electron chi connectivity index (χ3n) is 3.93. The van der Waals surface area contributed by atoms with Crippen LogP contribution in [-0.4, -0.2) is 17.7 Å². The van der Waals surface area contributed by atoms with Crippen LogP contribution in [0.3, 0.4) is 0 Å². The fraction of sp³-hybridized carbons (Fsp3) is 0.692. The average molecular weight is 236 g/mol. The molecule has 0 radical (unpaired) electrons. The van der Waals surface area contributed by atoms with Gasteiger partial charge in [-0.05, 0) is 39.0 Å². The molecule has 3 N–H and O–H groups in total. The highest BCUT2D eigenvalue weighted by atomic mass is 16.2. The number of nitrogens with two attached hydrogens (primary N) is 1. The molecule has 0 aromatic rings. The predicted molar refractivity (Wildman–Crippen MR) is 64.9 cm³/mol. The van der Waals surface area contributed by atoms with Crippen molar-refractivity contribution >= 4 is 11.7 Å². The lowest BCUT2D eigenvalue weighted by atomic mass is 9.71. The second-order valence-corrected chi connectivity index (χ2v) is 5.16. The van der Waals surface area contributed by atoms with Crippen molar-refractivity contribution in [3.8, 4) is 0 Å². The van der Waals surface area contributed by atoms with E-state index in [1.807, 2.05) is 6.08 Å². The number of carbonyl (C=O) groups is 2. The number of amides is 1. The molecule has 17 heavy (non-hydrogen) atoms. The lowest BCUT2D eigenvalue weighted by Gasteiger charge is -2.35. The summed E-state index contributed by atoms with van der Waals surface area (Å²) in [7, 11) is 0. The van der Waals surface area contributed by atoms with E-state index >= 15 is 0 Å². The Balaban J connectivity index is 1.84. The van der Waals surface area contributed by atoms with Gasteiger partial charge in [0.25, 0.3) is 0 Å². The minimum Gasteiger partial charge on any atom is -0.402 e. The molecule has 0 bridgehead atoms. The minimum atomic E-state index is -0.0873. The van der Waals surface area contributed by atoms with Crippen LogP contribution in [0.1, 0.15) is 39.0 Å². The molecule has 4 nitrogen and oxygen atoms in total. The van der Waals surface area contributed by atoms with E-state index in [9.17, 15) is 9.59 Å². The summed E-state index contributed by atoms with van der Waals surface area (Å²) in [6.45, 7) is 1.58. The maximum Gasteiger partial charge on any atom is 0.224 e. The molecule has 94 valence electrons. The molecule has 0 aromatic heterocycles. The highest BCUT2D eigenvalue weighted by Gasteiger charge is 2.39. The van der Waals surface area contributed by atoms with E-state index in [4.69, 9.17) is 5.73 Å². The van der Waals surface area contributed by atoms with E-state index in [1.54, 1.807) is 6.92 Å². The Labute approximate surface area is 102 Å². The van der Waals surface area contributed by atoms with Crippen molar-refractivity contribution in [3.63, 3.8) is 0 Å². The van der Waals surface area contributed by atoms with Crippen molar-refractivity contribution in [1.82, 2.24) is 5.32 Å². The molecule has 0 aliphatic heterocycles. The van der Waals surface area contributed by atoms with E-state index in [1.165, 1.54) is 0 Å². The van der Waals surface area contributed by atoms with Crippen molar-refractivity contribution in [1.29, 1.82) is 0 Å². The van der Waals surface area contributed by atoms with Gasteiger partial charge in [-0.25, -0.2) is 0 Å². The fourth-order valence-electron chi connectivity index (χ4n) is 2.59. The minimum absolute atomic E-state index is 0.0424. The number of Topliss-reactive ketones (excluding diaryl/α,β-unsaturated/α-hetero) is 1. The number of hydrogen-bond acceptors (Lipinski definition) is 3. The molecule has 2 rings (SSSR count). The standard InChI is InChI=1S/C13H20N2O2/c1-8(16)11-6-7-12(11)13(17)15-10-4-2-9(14)3-5-10/h2,10-12H,3-7,14H2,1H3,(H,15,17). The van der Waals surface area contributed by atoms with Crippen LogP contribution < -0.4 is 11.1 Å². The first-order chi connectivity index (χ1) is 8.08. The predicted octanol–water partition coefficient (Wildman–Crippen LogP) is 1.11. The van der Waals surface area contributed by atoms with Crippen LogP contribution in [-0.2, 0) is 9.59 Å². The molecular weight excluding hydrogens is 216 g/mol. The first kappa shape index (κ1) is 12.1. The Kier molecular flexibility index (Phi) is 3.50. The summed E-state index contributed by atoms with van der Waals surface area (Å²) < 4.78 is 0. The Bertz CT molecular complexity index is 362. The summed E-state index contributed by atoms with van der Waals surface area (Å²) in [4.78, 5) is 23.2. The normalized spacial score (nSPS) is 32.3. The Hall–Kier alpha value is -1.32. The van der Waals surface area contributed by atoms with Gasteiger partial charge >= 0.3 is 0 Å². The number of hydrogen-bond donors (Lipinski definition) is 2. The van der Waals surface area contributed by atoms with Crippen molar-refractivity contribution in [2.75, 3.05) is 0 Å². The van der Waals surface area contributed by atoms with Crippen molar-refractivity contribution < 1.29 is 9.59 Å². The number of ketones is 1. The van der Waals surface area contributed by atoms with Crippen LogP contribution in [0.5, 0.6) is 0 Å². The van der Waals surface area contributed by atoms with Crippen LogP contribution in [0.15, 0.2) is 11.8 Å². The third kappa shape index (κ3) is 2.68. The molecular formula is C13H20N2O2. The monoisotopic (exact) mass is 236 g/mol. The third-order valence-corrected chi connectivity index (χ3v) is 3.93. The fourth-order valence-corrected chi connectivity index (χ4v) is 2.59. The summed E-state index contributed by atoms with van der Waals surface area (Å²) in [6, 6.07) is 0.197. The van der Waals surface area contributed by atoms with E-state index in [0.29, 0.717) is 0 Å². The van der Waals surface area contributed by atoms with Gasteiger partial charge in [-0.3, -0.25) is 9.59 Å². The highest BCUT2D eigenvalue weighted by molar-refractivity contribution is 5.89. The SMILES string of the molecule is CC(=O)C1CCC1C(=O)NC1CC=C(N)CC1. The molecule has 2 aliphatic carbocycles. The lowest BCUT2D eigenvalue weighted by Crippen LogP contribution is -2.47. The Morgan fingerprint density at radius 3 is 2.47 bits per heavy atom. The molecule has 0 saturated heterocycles. The van der Waals surface area contributed by atoms with Gasteiger partial charge in [-0.15, -0.1) is 0 Å². The average Bonchev–Trinajstić information content (AvgIpc) is 2.18. The first-order valence-corrected chi connectivity index (χ1v) is 6.33. The molecule has 0 spiro atoms. The van der Waals surface area contributed by atoms with Gasteiger partial charge in [0.1, 0.15) is 5.78 Å². The molecule has 4 heteroatoms. The van der Waals surface area contributed by atoms with Gasteiger partial charge in [-0.1, -0.05) is 6.08 Å². The van der Waals surface area contributed by atoms with Gasteiger partial charge < -0.3 is 11.1 Å². The van der Waals surface area contributed by atoms with Crippen molar-refractivity contribution in [3.05, 3.63) is 11.8 Å². The zero-order chi connectivity index (χ0) is 12.4. The number of nitrogens with one attached hydrogen (secondary N) is 1. The quantitative estimate of drug-likeness (QED) is 0.771. The summed E-state index contributed by atoms with van der Waals surface area (Å²) in [5.74, 6) is 0.0643. The van der Waals surface area contributed by atoms with Crippen LogP contribution >= 0.6 is 0 Å². The molecule has 3 unspecified atom stereocenters. The molecule has 0 aromatic carbocycles. The Morgan fingerprint density at radius 2 is 2.00 bits per heavy atom. The number of rotatable bonds is 3. The maximum atomic E-state index is 12.0. The summed E-state index contributed by atoms with van der Waals surface area (Å²) in [5.41, 5.74) is 6.61. The van der Waals surface area contributed by atoms with Gasteiger partial charge in [0.15, 0.2) is 0 Å². The van der Waals surface area contributed by atoms with Crippen molar-refractivity contribution in [2.45, 2.75) is 45.1 Å². The zero-order valence-electron chi connectivity index (χ0n) is 10.2. The van der Waals surface area contributed by atoms with Crippen LogP contribution in [0.25, 0.3) is 0 Å². The molecule has 0 heterocycles. The van der Waals surface area contributed by atoms with E-state index < -0.39 is 0 Å². The number of allylic oxidation sites excluding steroid dienone is 1. The van der Waals surface area contributed by atoms with Crippen molar-refractivity contribution in [2.24, 2.45) is 17.6 Å². The van der Waals surface area contributed by atoms with E-state index in [2.05, 4.69) is 5.32 Å². The largest absolute Gasteiger partial charge is 0.402 e. The van der Waals surface area contributed by atoms with Crippen LogP contribution in [0.4, 0.5) is 0 Å². The van der Waals surface area contributed by atoms with Crippen LogP contribution in [0, 0.1) is 11.8 Å². The summed E-state index contributed by atoms with van der Waals surface area (Å²) >= 11 is 0. The highest BCUT2D eigenvalue weighted by Crippen LogP contribution is 2.35. The second kappa shape index (κ2) is 4.90. The molecule has 3 atom stereocenters. The van der Waals surface area contributed by atoms with Gasteiger partial charge in [0, 0.05) is 23.6 Å². The first-order valence-electron chi connectivity index (χ1n) is 6.33. The molecule has 2 aliphatic rings. The van der Waals surface area contributed by atoms with Gasteiger partial charge in [-0.2, -0.15) is 0 Å². The zero-order valence-corrected chi connectivity index (χ0v) is 10.2. The Morgan fingerprint density at radius 1 is 1.29 bits per heavy atom. The summed E-state index contributed by atoms with van der Waals surface area (Å²) in [6.07, 6.45) is 6.27. The number of carbonyl (C=O) groups excluding carboxylic acids is 2. The molecule has 1 fully saturated rings. The summed E-state index contributed by atoms with van der Waals surface area (Å²) in [5, 5.41) is 3.03. The van der Waals surface area contributed by atoms with Gasteiger partial charge in [0.05, 0.1) is 0 Å². The molecule has 1 saturated carbocycles. The van der Waals surface area contributed by atoms with Crippen LogP contribution in [0.2, 0.25) is 0 Å².